The standard InChI is InChI=1S/C11H15N5O2/c1-15-7-9(6-13-15)5-12-11(17)10-3-4-16(14-10)8-18-2/h3-4,6-7H,5,8H2,1-2H3,(H,12,17). The summed E-state index contributed by atoms with van der Waals surface area (Å²) in [6.45, 7) is 0.764. The molecule has 96 valence electrons. The lowest BCUT2D eigenvalue weighted by molar-refractivity contribution is 0.0938. The Bertz CT molecular complexity index is 531. The van der Waals surface area contributed by atoms with Crippen LogP contribution in [0.3, 0.4) is 0 Å². The maximum Gasteiger partial charge on any atom is 0.272 e. The van der Waals surface area contributed by atoms with Crippen molar-refractivity contribution in [2.24, 2.45) is 7.05 Å². The van der Waals surface area contributed by atoms with E-state index in [4.69, 9.17) is 4.74 Å². The molecule has 0 saturated heterocycles. The largest absolute Gasteiger partial charge is 0.362 e. The van der Waals surface area contributed by atoms with E-state index in [1.54, 1.807) is 34.9 Å². The van der Waals surface area contributed by atoms with Crippen molar-refractivity contribution in [2.45, 2.75) is 13.3 Å². The van der Waals surface area contributed by atoms with Crippen LogP contribution in [0.1, 0.15) is 16.1 Å². The molecule has 0 radical (unpaired) electrons. The lowest BCUT2D eigenvalue weighted by atomic mass is 10.3. The Balaban J connectivity index is 1.90. The monoisotopic (exact) mass is 249 g/mol. The van der Waals surface area contributed by atoms with Crippen LogP contribution < -0.4 is 5.32 Å². The van der Waals surface area contributed by atoms with Crippen molar-refractivity contribution >= 4 is 5.91 Å². The predicted octanol–water partition coefficient (Wildman–Crippen LogP) is 0.150. The van der Waals surface area contributed by atoms with Gasteiger partial charge in [-0.05, 0) is 6.07 Å². The summed E-state index contributed by atoms with van der Waals surface area (Å²) >= 11 is 0. The normalized spacial score (nSPS) is 10.6. The van der Waals surface area contributed by atoms with E-state index in [1.165, 1.54) is 0 Å². The van der Waals surface area contributed by atoms with Gasteiger partial charge >= 0.3 is 0 Å². The Hall–Kier alpha value is -2.15. The van der Waals surface area contributed by atoms with Crippen LogP contribution in [0, 0.1) is 0 Å². The zero-order valence-electron chi connectivity index (χ0n) is 10.3. The Labute approximate surface area is 104 Å². The first-order valence-electron chi connectivity index (χ1n) is 5.47. The second-order valence-corrected chi connectivity index (χ2v) is 3.86. The lowest BCUT2D eigenvalue weighted by Gasteiger charge is -2.00. The Morgan fingerprint density at radius 1 is 1.56 bits per heavy atom. The van der Waals surface area contributed by atoms with Gasteiger partial charge in [-0.2, -0.15) is 10.2 Å². The summed E-state index contributed by atoms with van der Waals surface area (Å²) in [5.74, 6) is -0.214. The number of carbonyl (C=O) groups excluding carboxylic acids is 1. The van der Waals surface area contributed by atoms with Crippen molar-refractivity contribution < 1.29 is 9.53 Å². The van der Waals surface area contributed by atoms with Crippen LogP contribution in [-0.2, 0) is 25.1 Å². The van der Waals surface area contributed by atoms with Crippen LogP contribution in [0.2, 0.25) is 0 Å². The van der Waals surface area contributed by atoms with E-state index in [2.05, 4.69) is 15.5 Å². The number of nitrogens with zero attached hydrogens (tertiary/aromatic N) is 4. The van der Waals surface area contributed by atoms with Gasteiger partial charge in [-0.15, -0.1) is 0 Å². The maximum atomic E-state index is 11.8. The number of hydrogen-bond donors (Lipinski definition) is 1. The van der Waals surface area contributed by atoms with Crippen LogP contribution in [0.5, 0.6) is 0 Å². The summed E-state index contributed by atoms with van der Waals surface area (Å²) < 4.78 is 8.15. The minimum atomic E-state index is -0.214. The number of ether oxygens (including phenoxy) is 1. The predicted molar refractivity (Wildman–Crippen MR) is 63.6 cm³/mol. The molecule has 2 aromatic heterocycles. The van der Waals surface area contributed by atoms with E-state index < -0.39 is 0 Å². The van der Waals surface area contributed by atoms with Gasteiger partial charge in [0.15, 0.2) is 0 Å². The molecule has 0 atom stereocenters. The molecule has 0 saturated carbocycles. The number of nitrogens with one attached hydrogen (secondary N) is 1. The molecule has 2 rings (SSSR count). The molecule has 0 fully saturated rings. The number of hydrogen-bond acceptors (Lipinski definition) is 4. The smallest absolute Gasteiger partial charge is 0.272 e. The van der Waals surface area contributed by atoms with Gasteiger partial charge in [-0.25, -0.2) is 4.68 Å². The molecule has 0 aromatic carbocycles. The SMILES string of the molecule is COCn1ccc(C(=O)NCc2cnn(C)c2)n1. The Morgan fingerprint density at radius 3 is 3.06 bits per heavy atom. The molecular weight excluding hydrogens is 234 g/mol. The molecule has 0 aliphatic carbocycles. The molecule has 0 bridgehead atoms. The van der Waals surface area contributed by atoms with E-state index >= 15 is 0 Å². The average molecular weight is 249 g/mol. The van der Waals surface area contributed by atoms with Gasteiger partial charge in [0.2, 0.25) is 0 Å². The van der Waals surface area contributed by atoms with Gasteiger partial charge < -0.3 is 10.1 Å². The molecule has 1 N–H and O–H groups in total. The topological polar surface area (TPSA) is 74.0 Å². The third-order valence-corrected chi connectivity index (χ3v) is 2.35. The third kappa shape index (κ3) is 2.95. The fourth-order valence-electron chi connectivity index (χ4n) is 1.52. The van der Waals surface area contributed by atoms with Gasteiger partial charge in [0.25, 0.3) is 5.91 Å². The molecule has 0 unspecified atom stereocenters. The lowest BCUT2D eigenvalue weighted by Crippen LogP contribution is -2.23. The number of methoxy groups -OCH3 is 1. The molecule has 7 nitrogen and oxygen atoms in total. The zero-order valence-corrected chi connectivity index (χ0v) is 10.3. The van der Waals surface area contributed by atoms with Crippen LogP contribution in [-0.4, -0.2) is 32.6 Å². The minimum Gasteiger partial charge on any atom is -0.362 e. The quantitative estimate of drug-likeness (QED) is 0.818. The van der Waals surface area contributed by atoms with E-state index in [-0.39, 0.29) is 5.91 Å². The number of rotatable bonds is 5. The molecule has 0 aliphatic rings. The Morgan fingerprint density at radius 2 is 2.39 bits per heavy atom. The van der Waals surface area contributed by atoms with E-state index in [1.807, 2.05) is 13.2 Å². The zero-order chi connectivity index (χ0) is 13.0. The van der Waals surface area contributed by atoms with Gasteiger partial charge in [0.05, 0.1) is 6.20 Å². The van der Waals surface area contributed by atoms with Crippen LogP contribution in [0.25, 0.3) is 0 Å². The molecule has 7 heteroatoms. The van der Waals surface area contributed by atoms with Gasteiger partial charge in [0, 0.05) is 38.7 Å². The molecule has 2 aromatic rings. The highest BCUT2D eigenvalue weighted by Gasteiger charge is 2.09. The second-order valence-electron chi connectivity index (χ2n) is 3.86. The van der Waals surface area contributed by atoms with Crippen molar-refractivity contribution in [2.75, 3.05) is 7.11 Å². The third-order valence-electron chi connectivity index (χ3n) is 2.35. The second kappa shape index (κ2) is 5.46. The first-order valence-corrected chi connectivity index (χ1v) is 5.47. The van der Waals surface area contributed by atoms with Crippen molar-refractivity contribution in [1.29, 1.82) is 0 Å². The number of carbonyl (C=O) groups is 1. The summed E-state index contributed by atoms with van der Waals surface area (Å²) in [6, 6.07) is 1.65. The van der Waals surface area contributed by atoms with Crippen LogP contribution in [0.4, 0.5) is 0 Å². The molecular formula is C11H15N5O2. The molecule has 0 aliphatic heterocycles. The minimum absolute atomic E-state index is 0.214. The van der Waals surface area contributed by atoms with Crippen molar-refractivity contribution in [3.05, 3.63) is 35.9 Å². The molecule has 1 amide bonds. The highest BCUT2D eigenvalue weighted by atomic mass is 16.5. The summed E-state index contributed by atoms with van der Waals surface area (Å²) in [6.07, 6.45) is 5.26. The van der Waals surface area contributed by atoms with Gasteiger partial charge in [0.1, 0.15) is 12.4 Å². The molecule has 0 spiro atoms. The average Bonchev–Trinajstić information content (AvgIpc) is 2.96. The van der Waals surface area contributed by atoms with Crippen LogP contribution in [0.15, 0.2) is 24.7 Å². The highest BCUT2D eigenvalue weighted by molar-refractivity contribution is 5.92. The fourth-order valence-corrected chi connectivity index (χ4v) is 1.52. The molecule has 2 heterocycles. The van der Waals surface area contributed by atoms with E-state index in [0.29, 0.717) is 19.0 Å². The number of aromatic nitrogens is 4. The van der Waals surface area contributed by atoms with E-state index in [9.17, 15) is 4.79 Å². The maximum absolute atomic E-state index is 11.8. The van der Waals surface area contributed by atoms with Crippen molar-refractivity contribution in [3.63, 3.8) is 0 Å². The van der Waals surface area contributed by atoms with Crippen molar-refractivity contribution in [3.8, 4) is 0 Å². The van der Waals surface area contributed by atoms with E-state index in [0.717, 1.165) is 5.56 Å². The van der Waals surface area contributed by atoms with Crippen LogP contribution >= 0.6 is 0 Å². The first kappa shape index (κ1) is 12.3. The molecule has 18 heavy (non-hydrogen) atoms. The fraction of sp³-hybridized carbons (Fsp3) is 0.364. The van der Waals surface area contributed by atoms with Gasteiger partial charge in [-0.3, -0.25) is 9.48 Å². The Kier molecular flexibility index (Phi) is 3.73. The summed E-state index contributed by atoms with van der Waals surface area (Å²) in [5.41, 5.74) is 1.32. The van der Waals surface area contributed by atoms with Crippen molar-refractivity contribution in [1.82, 2.24) is 24.9 Å². The summed E-state index contributed by atoms with van der Waals surface area (Å²) in [4.78, 5) is 11.8. The van der Waals surface area contributed by atoms with Gasteiger partial charge in [-0.1, -0.05) is 0 Å². The first-order chi connectivity index (χ1) is 8.69. The highest BCUT2D eigenvalue weighted by Crippen LogP contribution is 1.99. The number of aryl methyl sites for hydroxylation is 1. The summed E-state index contributed by atoms with van der Waals surface area (Å²) in [5, 5.41) is 10.9. The summed E-state index contributed by atoms with van der Waals surface area (Å²) in [7, 11) is 3.40. The number of amides is 1.